The van der Waals surface area contributed by atoms with Crippen molar-refractivity contribution in [3.8, 4) is 6.07 Å². The minimum absolute atomic E-state index is 0.310. The summed E-state index contributed by atoms with van der Waals surface area (Å²) in [7, 11) is 5.67. The molecule has 0 fully saturated rings. The van der Waals surface area contributed by atoms with Crippen LogP contribution < -0.4 is 10.8 Å². The Morgan fingerprint density at radius 3 is 2.67 bits per heavy atom. The van der Waals surface area contributed by atoms with Gasteiger partial charge in [-0.2, -0.15) is 5.26 Å². The number of nitrogens with one attached hydrogen (secondary N) is 1. The van der Waals surface area contributed by atoms with Gasteiger partial charge in [-0.1, -0.05) is 17.6 Å². The molecule has 0 aliphatic heterocycles. The highest BCUT2D eigenvalue weighted by atomic mass is 16.6. The van der Waals surface area contributed by atoms with Crippen molar-refractivity contribution in [2.45, 2.75) is 32.9 Å². The molecule has 4 nitrogen and oxygen atoms in total. The fourth-order valence-corrected chi connectivity index (χ4v) is 1.31. The second-order valence-corrected chi connectivity index (χ2v) is 4.89. The molecule has 1 aromatic carbocycles. The molecule has 2 radical (unpaired) electrons. The number of nitriles is 1. The van der Waals surface area contributed by atoms with Crippen LogP contribution in [-0.4, -0.2) is 19.5 Å². The van der Waals surface area contributed by atoms with Crippen LogP contribution in [0, 0.1) is 11.3 Å². The summed E-state index contributed by atoms with van der Waals surface area (Å²) in [5.41, 5.74) is 1.13. The van der Waals surface area contributed by atoms with Gasteiger partial charge in [-0.15, -0.1) is 0 Å². The molecule has 1 N–H and O–H groups in total. The third-order valence-electron chi connectivity index (χ3n) is 2.07. The number of hydrogen-bond acceptors (Lipinski definition) is 3. The van der Waals surface area contributed by atoms with Crippen LogP contribution in [0.25, 0.3) is 0 Å². The summed E-state index contributed by atoms with van der Waals surface area (Å²) in [4.78, 5) is 11.4. The van der Waals surface area contributed by atoms with Crippen LogP contribution >= 0.6 is 0 Å². The molecule has 5 heteroatoms. The first-order valence-corrected chi connectivity index (χ1v) is 5.57. The number of benzene rings is 1. The van der Waals surface area contributed by atoms with Crippen LogP contribution in [0.4, 0.5) is 4.79 Å². The van der Waals surface area contributed by atoms with Crippen molar-refractivity contribution in [3.63, 3.8) is 0 Å². The maximum Gasteiger partial charge on any atom is 0.407 e. The number of rotatable bonds is 2. The van der Waals surface area contributed by atoms with E-state index < -0.39 is 11.7 Å². The van der Waals surface area contributed by atoms with E-state index in [9.17, 15) is 4.79 Å². The first kappa shape index (κ1) is 14.1. The molecular weight excluding hydrogens is 227 g/mol. The topological polar surface area (TPSA) is 62.1 Å². The molecule has 0 aliphatic rings. The van der Waals surface area contributed by atoms with E-state index in [1.54, 1.807) is 39.0 Å². The minimum atomic E-state index is -0.520. The number of alkyl carbamates (subject to hydrolysis) is 1. The van der Waals surface area contributed by atoms with Crippen molar-refractivity contribution in [2.75, 3.05) is 0 Å². The van der Waals surface area contributed by atoms with Crippen molar-refractivity contribution in [1.29, 1.82) is 5.26 Å². The monoisotopic (exact) mass is 242 g/mol. The molecule has 18 heavy (non-hydrogen) atoms. The molecule has 0 spiro atoms. The van der Waals surface area contributed by atoms with E-state index in [2.05, 4.69) is 5.32 Å². The fourth-order valence-electron chi connectivity index (χ4n) is 1.31. The molecule has 1 rings (SSSR count). The van der Waals surface area contributed by atoms with Crippen LogP contribution in [-0.2, 0) is 11.3 Å². The molecule has 0 atom stereocenters. The Labute approximate surface area is 108 Å². The van der Waals surface area contributed by atoms with E-state index in [0.29, 0.717) is 17.6 Å². The number of ether oxygens (including phenoxy) is 1. The minimum Gasteiger partial charge on any atom is -0.444 e. The van der Waals surface area contributed by atoms with Gasteiger partial charge in [0, 0.05) is 12.1 Å². The van der Waals surface area contributed by atoms with Gasteiger partial charge >= 0.3 is 6.09 Å². The molecule has 0 unspecified atom stereocenters. The van der Waals surface area contributed by atoms with E-state index in [4.69, 9.17) is 17.8 Å². The van der Waals surface area contributed by atoms with Crippen LogP contribution in [0.2, 0.25) is 0 Å². The van der Waals surface area contributed by atoms with E-state index in [0.717, 1.165) is 5.56 Å². The molecule has 0 saturated carbocycles. The Morgan fingerprint density at radius 2 is 2.17 bits per heavy atom. The Morgan fingerprint density at radius 1 is 1.50 bits per heavy atom. The Hall–Kier alpha value is -1.96. The van der Waals surface area contributed by atoms with Crippen LogP contribution in [0.1, 0.15) is 31.9 Å². The molecule has 1 amide bonds. The van der Waals surface area contributed by atoms with Gasteiger partial charge in [0.15, 0.2) is 0 Å². The van der Waals surface area contributed by atoms with Gasteiger partial charge in [0.2, 0.25) is 0 Å². The van der Waals surface area contributed by atoms with Crippen LogP contribution in [0.5, 0.6) is 0 Å². The smallest absolute Gasteiger partial charge is 0.407 e. The zero-order valence-corrected chi connectivity index (χ0v) is 10.8. The molecule has 0 bridgehead atoms. The van der Waals surface area contributed by atoms with Gasteiger partial charge in [-0.25, -0.2) is 4.79 Å². The van der Waals surface area contributed by atoms with Gasteiger partial charge in [-0.3, -0.25) is 0 Å². The summed E-state index contributed by atoms with van der Waals surface area (Å²) in [5, 5.41) is 11.4. The predicted molar refractivity (Wildman–Crippen MR) is 69.6 cm³/mol. The summed E-state index contributed by atoms with van der Waals surface area (Å²) < 4.78 is 5.10. The van der Waals surface area contributed by atoms with Gasteiger partial charge in [0.05, 0.1) is 6.07 Å². The number of carbonyl (C=O) groups is 1. The molecule has 0 aliphatic carbocycles. The first-order valence-electron chi connectivity index (χ1n) is 5.57. The lowest BCUT2D eigenvalue weighted by atomic mass is 9.89. The normalized spacial score (nSPS) is 10.6. The molecule has 1 aromatic rings. The lowest BCUT2D eigenvalue weighted by Gasteiger charge is -2.19. The second-order valence-electron chi connectivity index (χ2n) is 4.89. The predicted octanol–water partition coefficient (Wildman–Crippen LogP) is 1.38. The summed E-state index contributed by atoms with van der Waals surface area (Å²) in [6.45, 7) is 5.70. The average molecular weight is 242 g/mol. The lowest BCUT2D eigenvalue weighted by Crippen LogP contribution is -2.32. The van der Waals surface area contributed by atoms with Gasteiger partial charge in [-0.05, 0) is 32.4 Å². The van der Waals surface area contributed by atoms with E-state index in [1.807, 2.05) is 6.07 Å². The highest BCUT2D eigenvalue weighted by Gasteiger charge is 2.15. The molecular formula is C13H15BN2O2. The van der Waals surface area contributed by atoms with Crippen molar-refractivity contribution in [3.05, 3.63) is 29.3 Å². The van der Waals surface area contributed by atoms with Gasteiger partial charge < -0.3 is 10.1 Å². The Balaban J connectivity index is 2.57. The highest BCUT2D eigenvalue weighted by Crippen LogP contribution is 2.07. The zero-order valence-electron chi connectivity index (χ0n) is 10.8. The molecule has 0 saturated heterocycles. The quantitative estimate of drug-likeness (QED) is 0.797. The molecule has 0 heterocycles. The number of amides is 1. The summed E-state index contributed by atoms with van der Waals surface area (Å²) in [6, 6.07) is 7.01. The van der Waals surface area contributed by atoms with E-state index in [-0.39, 0.29) is 0 Å². The third-order valence-corrected chi connectivity index (χ3v) is 2.07. The fraction of sp³-hybridized carbons (Fsp3) is 0.385. The number of nitrogens with zero attached hydrogens (tertiary/aromatic N) is 1. The van der Waals surface area contributed by atoms with Crippen molar-refractivity contribution in [1.82, 2.24) is 5.32 Å². The number of hydrogen-bond donors (Lipinski definition) is 1. The number of carbonyl (C=O) groups excluding carboxylic acids is 1. The third kappa shape index (κ3) is 4.50. The Kier molecular flexibility index (Phi) is 4.38. The van der Waals surface area contributed by atoms with Crippen LogP contribution in [0.15, 0.2) is 18.2 Å². The van der Waals surface area contributed by atoms with Gasteiger partial charge in [0.1, 0.15) is 13.4 Å². The lowest BCUT2D eigenvalue weighted by molar-refractivity contribution is 0.0523. The maximum atomic E-state index is 11.4. The molecule has 92 valence electrons. The summed E-state index contributed by atoms with van der Waals surface area (Å²) in [6.07, 6.45) is -0.481. The molecule has 0 aromatic heterocycles. The average Bonchev–Trinajstić information content (AvgIpc) is 2.24. The maximum absolute atomic E-state index is 11.4. The van der Waals surface area contributed by atoms with E-state index >= 15 is 0 Å². The standard InChI is InChI=1S/C13H15BN2O2/c1-13(2,3)18-12(17)16-8-9-4-5-10(7-15)11(14)6-9/h4-6H,8H2,1-3H3,(H,16,17). The SMILES string of the molecule is [B]c1cc(CNC(=O)OC(C)(C)C)ccc1C#N. The van der Waals surface area contributed by atoms with E-state index in [1.165, 1.54) is 0 Å². The second kappa shape index (κ2) is 5.59. The highest BCUT2D eigenvalue weighted by molar-refractivity contribution is 6.33. The largest absolute Gasteiger partial charge is 0.444 e. The Bertz CT molecular complexity index is 487. The van der Waals surface area contributed by atoms with Gasteiger partial charge in [0.25, 0.3) is 0 Å². The summed E-state index contributed by atoms with van der Waals surface area (Å²) in [5.74, 6) is 0. The van der Waals surface area contributed by atoms with Crippen LogP contribution in [0.3, 0.4) is 0 Å². The van der Waals surface area contributed by atoms with Crippen molar-refractivity contribution in [2.24, 2.45) is 0 Å². The van der Waals surface area contributed by atoms with Crippen molar-refractivity contribution < 1.29 is 9.53 Å². The zero-order chi connectivity index (χ0) is 13.8. The first-order chi connectivity index (χ1) is 8.31. The van der Waals surface area contributed by atoms with Crippen molar-refractivity contribution >= 4 is 19.4 Å². The summed E-state index contributed by atoms with van der Waals surface area (Å²) >= 11 is 0.